The third kappa shape index (κ3) is 1.40. The zero-order valence-electron chi connectivity index (χ0n) is 9.82. The van der Waals surface area contributed by atoms with E-state index in [2.05, 4.69) is 26.0 Å². The quantitative estimate of drug-likeness (QED) is 0.727. The first kappa shape index (κ1) is 10.7. The van der Waals surface area contributed by atoms with Gasteiger partial charge in [0.25, 0.3) is 0 Å². The van der Waals surface area contributed by atoms with Crippen LogP contribution in [0, 0.1) is 0 Å². The summed E-state index contributed by atoms with van der Waals surface area (Å²) >= 11 is 0. The highest BCUT2D eigenvalue weighted by molar-refractivity contribution is 5.89. The normalized spacial score (nSPS) is 19.9. The summed E-state index contributed by atoms with van der Waals surface area (Å²) in [7, 11) is 1.96. The van der Waals surface area contributed by atoms with Crippen LogP contribution in [0.5, 0.6) is 0 Å². The van der Waals surface area contributed by atoms with Gasteiger partial charge in [0.15, 0.2) is 0 Å². The number of fused-ring (bicyclic) bond motifs is 1. The number of para-hydroxylation sites is 1. The fourth-order valence-electron chi connectivity index (χ4n) is 2.39. The molecule has 3 nitrogen and oxygen atoms in total. The van der Waals surface area contributed by atoms with Crippen LogP contribution < -0.4 is 10.6 Å². The summed E-state index contributed by atoms with van der Waals surface area (Å²) in [5.41, 5.74) is 8.39. The van der Waals surface area contributed by atoms with E-state index in [-0.39, 0.29) is 5.41 Å². The van der Waals surface area contributed by atoms with Crippen LogP contribution in [0.3, 0.4) is 0 Å². The van der Waals surface area contributed by atoms with Gasteiger partial charge in [-0.15, -0.1) is 0 Å². The zero-order valence-corrected chi connectivity index (χ0v) is 9.82. The zero-order chi connectivity index (χ0) is 11.9. The molecule has 0 bridgehead atoms. The molecule has 0 spiro atoms. The second-order valence-electron chi connectivity index (χ2n) is 4.63. The van der Waals surface area contributed by atoms with Crippen molar-refractivity contribution in [3.63, 3.8) is 0 Å². The number of hydrogen-bond donors (Lipinski definition) is 1. The second-order valence-corrected chi connectivity index (χ2v) is 4.63. The van der Waals surface area contributed by atoms with Gasteiger partial charge in [-0.25, -0.2) is 0 Å². The van der Waals surface area contributed by atoms with Crippen LogP contribution in [-0.4, -0.2) is 13.0 Å². The number of allylic oxidation sites excluding steroid dienone is 1. The highest BCUT2D eigenvalue weighted by Gasteiger charge is 2.38. The molecule has 1 heterocycles. The van der Waals surface area contributed by atoms with E-state index >= 15 is 0 Å². The molecule has 1 aromatic carbocycles. The van der Waals surface area contributed by atoms with Gasteiger partial charge in [-0.05, 0) is 11.6 Å². The lowest BCUT2D eigenvalue weighted by molar-refractivity contribution is -0.113. The smallest absolute Gasteiger partial charge is 0.243 e. The number of amides is 1. The summed E-state index contributed by atoms with van der Waals surface area (Å²) in [6, 6.07) is 8.16. The third-order valence-electron chi connectivity index (χ3n) is 3.22. The van der Waals surface area contributed by atoms with Crippen molar-refractivity contribution >= 4 is 11.6 Å². The fourth-order valence-corrected chi connectivity index (χ4v) is 2.39. The van der Waals surface area contributed by atoms with Gasteiger partial charge < -0.3 is 10.6 Å². The summed E-state index contributed by atoms with van der Waals surface area (Å²) in [6.45, 7) is 4.20. The molecule has 0 fully saturated rings. The number of hydrogen-bond acceptors (Lipinski definition) is 2. The number of nitrogens with zero attached hydrogens (tertiary/aromatic N) is 1. The Morgan fingerprint density at radius 2 is 2.00 bits per heavy atom. The number of benzene rings is 1. The van der Waals surface area contributed by atoms with Gasteiger partial charge >= 0.3 is 0 Å². The number of rotatable bonds is 1. The molecule has 0 radical (unpaired) electrons. The van der Waals surface area contributed by atoms with Crippen LogP contribution in [0.1, 0.15) is 19.4 Å². The molecule has 1 aliphatic heterocycles. The highest BCUT2D eigenvalue weighted by atomic mass is 16.1. The number of nitrogens with two attached hydrogens (primary N) is 1. The standard InChI is InChI=1S/C13H16N2O/c1-13(2)9-6-4-5-7-10(9)15(3)11(13)8-12(14)16/h4-8H,1-3H3,(H2,14,16)/b11-8+. The van der Waals surface area contributed by atoms with Crippen LogP contribution in [-0.2, 0) is 10.2 Å². The van der Waals surface area contributed by atoms with Crippen LogP contribution in [0.25, 0.3) is 0 Å². The van der Waals surface area contributed by atoms with Crippen molar-refractivity contribution in [2.75, 3.05) is 11.9 Å². The molecule has 0 aliphatic carbocycles. The first-order valence-electron chi connectivity index (χ1n) is 5.29. The number of anilines is 1. The Balaban J connectivity index is 2.62. The van der Waals surface area contributed by atoms with Gasteiger partial charge in [-0.3, -0.25) is 4.79 Å². The maximum atomic E-state index is 11.1. The lowest BCUT2D eigenvalue weighted by atomic mass is 9.84. The Hall–Kier alpha value is -1.77. The molecule has 1 aliphatic rings. The van der Waals surface area contributed by atoms with Crippen LogP contribution in [0.2, 0.25) is 0 Å². The third-order valence-corrected chi connectivity index (χ3v) is 3.22. The van der Waals surface area contributed by atoms with Gasteiger partial charge in [0.2, 0.25) is 5.91 Å². The van der Waals surface area contributed by atoms with E-state index in [0.29, 0.717) is 0 Å². The molecule has 0 aromatic heterocycles. The molecule has 2 N–H and O–H groups in total. The van der Waals surface area contributed by atoms with Crippen molar-refractivity contribution < 1.29 is 4.79 Å². The highest BCUT2D eigenvalue weighted by Crippen LogP contribution is 2.46. The molecule has 16 heavy (non-hydrogen) atoms. The van der Waals surface area contributed by atoms with E-state index in [0.717, 1.165) is 11.4 Å². The molecule has 1 amide bonds. The minimum absolute atomic E-state index is 0.166. The minimum atomic E-state index is -0.400. The van der Waals surface area contributed by atoms with Crippen molar-refractivity contribution in [2.45, 2.75) is 19.3 Å². The van der Waals surface area contributed by atoms with Crippen molar-refractivity contribution in [3.05, 3.63) is 41.6 Å². The maximum Gasteiger partial charge on any atom is 0.243 e. The maximum absolute atomic E-state index is 11.1. The van der Waals surface area contributed by atoms with Gasteiger partial charge in [-0.2, -0.15) is 0 Å². The molecule has 2 rings (SSSR count). The van der Waals surface area contributed by atoms with E-state index in [4.69, 9.17) is 5.73 Å². The number of carbonyl (C=O) groups is 1. The molecule has 3 heteroatoms. The average molecular weight is 216 g/mol. The Morgan fingerprint density at radius 3 is 2.56 bits per heavy atom. The first-order chi connectivity index (χ1) is 7.44. The topological polar surface area (TPSA) is 46.3 Å². The molecular weight excluding hydrogens is 200 g/mol. The van der Waals surface area contributed by atoms with Crippen molar-refractivity contribution in [2.24, 2.45) is 5.73 Å². The number of primary amides is 1. The molecule has 1 aromatic rings. The first-order valence-corrected chi connectivity index (χ1v) is 5.29. The second kappa shape index (κ2) is 3.37. The average Bonchev–Trinajstić information content (AvgIpc) is 2.41. The Bertz CT molecular complexity index is 475. The molecule has 0 saturated heterocycles. The van der Waals surface area contributed by atoms with Crippen molar-refractivity contribution in [1.29, 1.82) is 0 Å². The number of carbonyl (C=O) groups excluding carboxylic acids is 1. The lowest BCUT2D eigenvalue weighted by Crippen LogP contribution is -2.25. The molecule has 0 unspecified atom stereocenters. The Kier molecular flexibility index (Phi) is 2.26. The van der Waals surface area contributed by atoms with Gasteiger partial charge in [0, 0.05) is 29.9 Å². The lowest BCUT2D eigenvalue weighted by Gasteiger charge is -2.23. The predicted octanol–water partition coefficient (Wildman–Crippen LogP) is 1.78. The van der Waals surface area contributed by atoms with E-state index in [9.17, 15) is 4.79 Å². The van der Waals surface area contributed by atoms with E-state index in [1.807, 2.05) is 24.1 Å². The minimum Gasteiger partial charge on any atom is -0.366 e. The predicted molar refractivity (Wildman–Crippen MR) is 65.1 cm³/mol. The summed E-state index contributed by atoms with van der Waals surface area (Å²) in [4.78, 5) is 13.1. The summed E-state index contributed by atoms with van der Waals surface area (Å²) in [5, 5.41) is 0. The number of likely N-dealkylation sites (N-methyl/N-ethyl adjacent to an activating group) is 1. The largest absolute Gasteiger partial charge is 0.366 e. The van der Waals surface area contributed by atoms with Crippen LogP contribution in [0.15, 0.2) is 36.0 Å². The molecule has 0 saturated carbocycles. The van der Waals surface area contributed by atoms with E-state index in [1.165, 1.54) is 11.6 Å². The van der Waals surface area contributed by atoms with Gasteiger partial charge in [0.05, 0.1) is 0 Å². The van der Waals surface area contributed by atoms with Crippen molar-refractivity contribution in [3.8, 4) is 0 Å². The fraction of sp³-hybridized carbons (Fsp3) is 0.308. The molecule has 84 valence electrons. The van der Waals surface area contributed by atoms with E-state index < -0.39 is 5.91 Å². The van der Waals surface area contributed by atoms with Crippen LogP contribution >= 0.6 is 0 Å². The molecular formula is C13H16N2O. The van der Waals surface area contributed by atoms with Crippen molar-refractivity contribution in [1.82, 2.24) is 0 Å². The monoisotopic (exact) mass is 216 g/mol. The van der Waals surface area contributed by atoms with Crippen LogP contribution in [0.4, 0.5) is 5.69 Å². The molecule has 0 atom stereocenters. The van der Waals surface area contributed by atoms with Gasteiger partial charge in [0.1, 0.15) is 0 Å². The summed E-state index contributed by atoms with van der Waals surface area (Å²) in [6.07, 6.45) is 1.51. The van der Waals surface area contributed by atoms with Gasteiger partial charge in [-0.1, -0.05) is 32.0 Å². The summed E-state index contributed by atoms with van der Waals surface area (Å²) in [5.74, 6) is -0.400. The summed E-state index contributed by atoms with van der Waals surface area (Å²) < 4.78 is 0. The SMILES string of the molecule is CN1/C(=C/C(N)=O)C(C)(C)c2ccccc21. The van der Waals surface area contributed by atoms with E-state index in [1.54, 1.807) is 0 Å². The Labute approximate surface area is 95.6 Å². The Morgan fingerprint density at radius 1 is 1.38 bits per heavy atom.